The lowest BCUT2D eigenvalue weighted by Gasteiger charge is -2.30. The maximum Gasteiger partial charge on any atom is 0.261 e. The summed E-state index contributed by atoms with van der Waals surface area (Å²) in [6.07, 6.45) is 0.455. The fraction of sp³-hybridized carbons (Fsp3) is 0.333. The maximum absolute atomic E-state index is 13.0. The first-order valence-electron chi connectivity index (χ1n) is 9.11. The van der Waals surface area contributed by atoms with Crippen LogP contribution in [0.2, 0.25) is 10.0 Å². The standard InChI is InChI=1S/C21H24Cl2N2O4/c1-4-18(21(27)24-2)25(12-14-6-5-7-16(10-14)28-3)20(26)13-29-19-9-8-15(22)11-17(19)23/h5-11,18H,4,12-13H2,1-3H3,(H,24,27). The quantitative estimate of drug-likeness (QED) is 0.643. The number of nitrogens with zero attached hydrogens (tertiary/aromatic N) is 1. The molecule has 2 aromatic rings. The Kier molecular flexibility index (Phi) is 8.61. The minimum Gasteiger partial charge on any atom is -0.497 e. The highest BCUT2D eigenvalue weighted by Gasteiger charge is 2.28. The Balaban J connectivity index is 2.22. The van der Waals surface area contributed by atoms with Crippen molar-refractivity contribution in [1.82, 2.24) is 10.2 Å². The Morgan fingerprint density at radius 2 is 1.93 bits per heavy atom. The monoisotopic (exact) mass is 438 g/mol. The van der Waals surface area contributed by atoms with Gasteiger partial charge in [-0.25, -0.2) is 0 Å². The number of hydrogen-bond donors (Lipinski definition) is 1. The summed E-state index contributed by atoms with van der Waals surface area (Å²) in [5.41, 5.74) is 0.838. The Hall–Kier alpha value is -2.44. The number of benzene rings is 2. The summed E-state index contributed by atoms with van der Waals surface area (Å²) in [5, 5.41) is 3.39. The van der Waals surface area contributed by atoms with Gasteiger partial charge in [-0.3, -0.25) is 9.59 Å². The SMILES string of the molecule is CCC(C(=O)NC)N(Cc1cccc(OC)c1)C(=O)COc1ccc(Cl)cc1Cl. The molecule has 1 unspecified atom stereocenters. The van der Waals surface area contributed by atoms with Gasteiger partial charge in [-0.15, -0.1) is 0 Å². The average Bonchev–Trinajstić information content (AvgIpc) is 2.72. The lowest BCUT2D eigenvalue weighted by molar-refractivity contribution is -0.142. The number of amides is 2. The molecule has 1 atom stereocenters. The zero-order valence-corrected chi connectivity index (χ0v) is 18.1. The zero-order valence-electron chi connectivity index (χ0n) is 16.6. The van der Waals surface area contributed by atoms with Gasteiger partial charge in [0, 0.05) is 18.6 Å². The van der Waals surface area contributed by atoms with E-state index in [2.05, 4.69) is 5.32 Å². The van der Waals surface area contributed by atoms with E-state index in [9.17, 15) is 9.59 Å². The molecule has 8 heteroatoms. The van der Waals surface area contributed by atoms with Crippen molar-refractivity contribution in [3.05, 3.63) is 58.1 Å². The molecule has 0 aliphatic carbocycles. The molecule has 0 aromatic heterocycles. The highest BCUT2D eigenvalue weighted by Crippen LogP contribution is 2.27. The number of carbonyl (C=O) groups excluding carboxylic acids is 2. The molecule has 6 nitrogen and oxygen atoms in total. The van der Waals surface area contributed by atoms with E-state index in [0.717, 1.165) is 5.56 Å². The fourth-order valence-corrected chi connectivity index (χ4v) is 3.33. The fourth-order valence-electron chi connectivity index (χ4n) is 2.87. The van der Waals surface area contributed by atoms with Crippen molar-refractivity contribution >= 4 is 35.0 Å². The van der Waals surface area contributed by atoms with E-state index < -0.39 is 6.04 Å². The molecule has 0 aliphatic heterocycles. The predicted molar refractivity (Wildman–Crippen MR) is 114 cm³/mol. The van der Waals surface area contributed by atoms with Crippen LogP contribution in [0.4, 0.5) is 0 Å². The van der Waals surface area contributed by atoms with Crippen LogP contribution in [0.15, 0.2) is 42.5 Å². The molecule has 0 spiro atoms. The third-order valence-electron chi connectivity index (χ3n) is 4.36. The van der Waals surface area contributed by atoms with Crippen molar-refractivity contribution < 1.29 is 19.1 Å². The number of hydrogen-bond acceptors (Lipinski definition) is 4. The lowest BCUT2D eigenvalue weighted by Crippen LogP contribution is -2.49. The summed E-state index contributed by atoms with van der Waals surface area (Å²) < 4.78 is 10.8. The molecule has 2 aromatic carbocycles. The molecule has 2 rings (SSSR count). The number of methoxy groups -OCH3 is 1. The Bertz CT molecular complexity index is 860. The molecular formula is C21H24Cl2N2O4. The topological polar surface area (TPSA) is 67.9 Å². The minimum atomic E-state index is -0.636. The van der Waals surface area contributed by atoms with Gasteiger partial charge in [0.15, 0.2) is 6.61 Å². The smallest absolute Gasteiger partial charge is 0.261 e. The van der Waals surface area contributed by atoms with Gasteiger partial charge in [-0.2, -0.15) is 0 Å². The molecular weight excluding hydrogens is 415 g/mol. The van der Waals surface area contributed by atoms with Crippen molar-refractivity contribution in [2.24, 2.45) is 0 Å². The van der Waals surface area contributed by atoms with E-state index in [1.807, 2.05) is 31.2 Å². The van der Waals surface area contributed by atoms with Crippen LogP contribution in [0.1, 0.15) is 18.9 Å². The van der Waals surface area contributed by atoms with Crippen LogP contribution < -0.4 is 14.8 Å². The number of rotatable bonds is 9. The van der Waals surface area contributed by atoms with Gasteiger partial charge in [0.2, 0.25) is 5.91 Å². The molecule has 0 saturated carbocycles. The summed E-state index contributed by atoms with van der Waals surface area (Å²) in [6.45, 7) is 1.82. The second-order valence-electron chi connectivity index (χ2n) is 6.27. The number of likely N-dealkylation sites (N-methyl/N-ethyl adjacent to an activating group) is 1. The van der Waals surface area contributed by atoms with Crippen molar-refractivity contribution in [1.29, 1.82) is 0 Å². The van der Waals surface area contributed by atoms with Crippen molar-refractivity contribution in [2.45, 2.75) is 25.9 Å². The van der Waals surface area contributed by atoms with Crippen LogP contribution in [0, 0.1) is 0 Å². The van der Waals surface area contributed by atoms with E-state index in [1.165, 1.54) is 11.0 Å². The Morgan fingerprint density at radius 1 is 1.17 bits per heavy atom. The second-order valence-corrected chi connectivity index (χ2v) is 7.12. The number of nitrogens with one attached hydrogen (secondary N) is 1. The van der Waals surface area contributed by atoms with Gasteiger partial charge in [0.05, 0.1) is 12.1 Å². The average molecular weight is 439 g/mol. The maximum atomic E-state index is 13.0. The van der Waals surface area contributed by atoms with E-state index in [0.29, 0.717) is 28.0 Å². The van der Waals surface area contributed by atoms with Crippen molar-refractivity contribution in [3.8, 4) is 11.5 Å². The van der Waals surface area contributed by atoms with Gasteiger partial charge < -0.3 is 19.7 Å². The van der Waals surface area contributed by atoms with E-state index in [4.69, 9.17) is 32.7 Å². The summed E-state index contributed by atoms with van der Waals surface area (Å²) in [7, 11) is 3.12. The first-order valence-corrected chi connectivity index (χ1v) is 9.87. The largest absolute Gasteiger partial charge is 0.497 e. The third kappa shape index (κ3) is 6.27. The van der Waals surface area contributed by atoms with Crippen molar-refractivity contribution in [2.75, 3.05) is 20.8 Å². The van der Waals surface area contributed by atoms with Crippen LogP contribution >= 0.6 is 23.2 Å². The van der Waals surface area contributed by atoms with Crippen LogP contribution in [-0.4, -0.2) is 43.5 Å². The van der Waals surface area contributed by atoms with Crippen LogP contribution in [0.25, 0.3) is 0 Å². The number of ether oxygens (including phenoxy) is 2. The van der Waals surface area contributed by atoms with Gasteiger partial charge in [0.1, 0.15) is 17.5 Å². The number of halogens is 2. The second kappa shape index (κ2) is 10.9. The molecule has 0 heterocycles. The molecule has 0 aliphatic rings. The molecule has 29 heavy (non-hydrogen) atoms. The van der Waals surface area contributed by atoms with Crippen LogP contribution in [0.3, 0.4) is 0 Å². The Morgan fingerprint density at radius 3 is 2.55 bits per heavy atom. The van der Waals surface area contributed by atoms with Crippen molar-refractivity contribution in [3.63, 3.8) is 0 Å². The van der Waals surface area contributed by atoms with E-state index in [-0.39, 0.29) is 25.0 Å². The van der Waals surface area contributed by atoms with Gasteiger partial charge >= 0.3 is 0 Å². The molecule has 0 radical (unpaired) electrons. The van der Waals surface area contributed by atoms with Crippen LogP contribution in [-0.2, 0) is 16.1 Å². The van der Waals surface area contributed by atoms with Gasteiger partial charge in [0.25, 0.3) is 5.91 Å². The number of carbonyl (C=O) groups is 2. The van der Waals surface area contributed by atoms with E-state index in [1.54, 1.807) is 26.3 Å². The molecule has 0 fully saturated rings. The molecule has 0 saturated heterocycles. The van der Waals surface area contributed by atoms with Gasteiger partial charge in [-0.05, 0) is 42.3 Å². The molecule has 0 bridgehead atoms. The highest BCUT2D eigenvalue weighted by molar-refractivity contribution is 6.35. The predicted octanol–water partition coefficient (Wildman–Crippen LogP) is 3.93. The normalized spacial score (nSPS) is 11.5. The first-order chi connectivity index (χ1) is 13.9. The van der Waals surface area contributed by atoms with Gasteiger partial charge in [-0.1, -0.05) is 42.3 Å². The van der Waals surface area contributed by atoms with E-state index >= 15 is 0 Å². The molecule has 1 N–H and O–H groups in total. The lowest BCUT2D eigenvalue weighted by atomic mass is 10.1. The highest BCUT2D eigenvalue weighted by atomic mass is 35.5. The molecule has 2 amide bonds. The summed E-state index contributed by atoms with van der Waals surface area (Å²) in [6, 6.07) is 11.5. The third-order valence-corrected chi connectivity index (χ3v) is 4.89. The minimum absolute atomic E-state index is 0.236. The molecule has 156 valence electrons. The summed E-state index contributed by atoms with van der Waals surface area (Å²) in [4.78, 5) is 26.9. The summed E-state index contributed by atoms with van der Waals surface area (Å²) in [5.74, 6) is 0.438. The van der Waals surface area contributed by atoms with Crippen LogP contribution in [0.5, 0.6) is 11.5 Å². The zero-order chi connectivity index (χ0) is 21.4. The summed E-state index contributed by atoms with van der Waals surface area (Å²) >= 11 is 12.0. The first kappa shape index (κ1) is 22.8. The Labute approximate surface area is 180 Å².